The second kappa shape index (κ2) is 9.21. The van der Waals surface area contributed by atoms with Crippen LogP contribution in [-0.2, 0) is 16.0 Å². The molecule has 0 bridgehead atoms. The van der Waals surface area contributed by atoms with Gasteiger partial charge in [-0.05, 0) is 115 Å². The highest BCUT2D eigenvalue weighted by molar-refractivity contribution is 5.72. The second-order valence-corrected chi connectivity index (χ2v) is 17.4. The van der Waals surface area contributed by atoms with Crippen molar-refractivity contribution in [1.82, 2.24) is 0 Å². The Hall–Kier alpha value is -1.57. The van der Waals surface area contributed by atoms with Crippen molar-refractivity contribution in [2.75, 3.05) is 0 Å². The van der Waals surface area contributed by atoms with Gasteiger partial charge >= 0.3 is 5.97 Å². The summed E-state index contributed by atoms with van der Waals surface area (Å²) in [4.78, 5) is 13.0. The van der Waals surface area contributed by atoms with E-state index in [0.29, 0.717) is 39.9 Å². The molecule has 3 unspecified atom stereocenters. The van der Waals surface area contributed by atoms with Gasteiger partial charge in [0.05, 0.1) is 6.42 Å². The van der Waals surface area contributed by atoms with Gasteiger partial charge in [-0.3, -0.25) is 4.79 Å². The van der Waals surface area contributed by atoms with Gasteiger partial charge < -0.3 is 4.74 Å². The highest BCUT2D eigenvalue weighted by Crippen LogP contribution is 2.75. The van der Waals surface area contributed by atoms with Crippen molar-refractivity contribution < 1.29 is 9.53 Å². The van der Waals surface area contributed by atoms with Crippen LogP contribution in [0.3, 0.4) is 0 Å². The highest BCUT2D eigenvalue weighted by atomic mass is 16.5. The van der Waals surface area contributed by atoms with Crippen LogP contribution in [0.15, 0.2) is 42.0 Å². The van der Waals surface area contributed by atoms with Crippen LogP contribution >= 0.6 is 0 Å². The molecule has 0 saturated heterocycles. The minimum absolute atomic E-state index is 0.00982. The summed E-state index contributed by atoms with van der Waals surface area (Å²) in [5.41, 5.74) is 4.79. The molecule has 4 fully saturated rings. The zero-order chi connectivity index (χ0) is 28.8. The molecule has 40 heavy (non-hydrogen) atoms. The van der Waals surface area contributed by atoms with Crippen LogP contribution in [0.25, 0.3) is 0 Å². The lowest BCUT2D eigenvalue weighted by molar-refractivity contribution is -0.212. The van der Waals surface area contributed by atoms with E-state index in [1.807, 2.05) is 35.9 Å². The number of fused-ring (bicyclic) bond motifs is 7. The smallest absolute Gasteiger partial charge is 0.310 e. The predicted molar refractivity (Wildman–Crippen MR) is 165 cm³/mol. The molecule has 0 amide bonds. The number of hydrogen-bond donors (Lipinski definition) is 0. The molecule has 1 aromatic carbocycles. The number of carbonyl (C=O) groups excluding carboxylic acids is 1. The topological polar surface area (TPSA) is 26.3 Å². The fourth-order valence-corrected chi connectivity index (χ4v) is 11.7. The van der Waals surface area contributed by atoms with Gasteiger partial charge in [0.25, 0.3) is 0 Å². The molecule has 0 radical (unpaired) electrons. The molecule has 220 valence electrons. The maximum atomic E-state index is 13.0. The van der Waals surface area contributed by atoms with E-state index < -0.39 is 0 Å². The van der Waals surface area contributed by atoms with Crippen LogP contribution in [0.2, 0.25) is 0 Å². The van der Waals surface area contributed by atoms with Crippen molar-refractivity contribution in [2.45, 2.75) is 132 Å². The van der Waals surface area contributed by atoms with Gasteiger partial charge in [0.2, 0.25) is 0 Å². The summed E-state index contributed by atoms with van der Waals surface area (Å²) in [6, 6.07) is 10.1. The van der Waals surface area contributed by atoms with E-state index in [9.17, 15) is 4.79 Å². The Morgan fingerprint density at radius 1 is 0.825 bits per heavy atom. The van der Waals surface area contributed by atoms with Gasteiger partial charge in [-0.2, -0.15) is 0 Å². The van der Waals surface area contributed by atoms with Crippen LogP contribution in [0.4, 0.5) is 0 Å². The van der Waals surface area contributed by atoms with Crippen molar-refractivity contribution in [3.8, 4) is 0 Å². The molecule has 8 atom stereocenters. The van der Waals surface area contributed by atoms with Crippen molar-refractivity contribution in [1.29, 1.82) is 0 Å². The highest BCUT2D eigenvalue weighted by Gasteiger charge is 2.68. The van der Waals surface area contributed by atoms with Crippen LogP contribution in [0.1, 0.15) is 125 Å². The standard InChI is InChI=1S/C38H56O2/c1-33(2)20-21-35(5)22-23-37(7)27(28(35)25-33)14-15-30-36(6)18-17-31(34(3,4)29(36)16-19-38(30,37)8)40-32(39)24-26-12-10-9-11-13-26/h9-14,28-31H,15-25H2,1-8H3/t28?,29?,30?,31-,35+,36-,37+,38+/m0/s1. The largest absolute Gasteiger partial charge is 0.462 e. The predicted octanol–water partition coefficient (Wildman–Crippen LogP) is 9.96. The van der Waals surface area contributed by atoms with Crippen LogP contribution < -0.4 is 0 Å². The number of hydrogen-bond acceptors (Lipinski definition) is 2. The van der Waals surface area contributed by atoms with Gasteiger partial charge in [0.1, 0.15) is 6.10 Å². The molecule has 1 aromatic rings. The zero-order valence-electron chi connectivity index (χ0n) is 26.9. The number of rotatable bonds is 3. The molecular formula is C38H56O2. The third-order valence-corrected chi connectivity index (χ3v) is 14.5. The SMILES string of the molecule is CC1(C)CC[C@]2(C)CC[C@]3(C)C(=CCC4[C@@]5(C)CC[C@H](OC(=O)Cc6ccccc6)C(C)(C)C5CC[C@]43C)C2C1. The first-order valence-corrected chi connectivity index (χ1v) is 16.6. The molecule has 0 N–H and O–H groups in total. The monoisotopic (exact) mass is 544 g/mol. The van der Waals surface area contributed by atoms with Crippen molar-refractivity contribution in [2.24, 2.45) is 50.2 Å². The molecule has 5 aliphatic rings. The minimum atomic E-state index is -0.0630. The lowest BCUT2D eigenvalue weighted by atomic mass is 9.33. The lowest BCUT2D eigenvalue weighted by Gasteiger charge is -2.71. The molecule has 0 aromatic heterocycles. The fraction of sp³-hybridized carbons (Fsp3) is 0.763. The molecular weight excluding hydrogens is 488 g/mol. The molecule has 2 heteroatoms. The Labute approximate surface area is 245 Å². The minimum Gasteiger partial charge on any atom is -0.462 e. The Morgan fingerprint density at radius 2 is 1.52 bits per heavy atom. The van der Waals surface area contributed by atoms with Crippen molar-refractivity contribution in [3.05, 3.63) is 47.5 Å². The van der Waals surface area contributed by atoms with Gasteiger partial charge in [0, 0.05) is 5.41 Å². The average Bonchev–Trinajstić information content (AvgIpc) is 2.88. The van der Waals surface area contributed by atoms with Crippen LogP contribution in [0, 0.1) is 50.2 Å². The molecule has 6 rings (SSSR count). The van der Waals surface area contributed by atoms with Crippen molar-refractivity contribution in [3.63, 3.8) is 0 Å². The number of allylic oxidation sites excluding steroid dienone is 2. The fourth-order valence-electron chi connectivity index (χ4n) is 11.7. The summed E-state index contributed by atoms with van der Waals surface area (Å²) in [6.07, 6.45) is 16.1. The first-order valence-electron chi connectivity index (χ1n) is 16.6. The number of ether oxygens (including phenoxy) is 1. The second-order valence-electron chi connectivity index (χ2n) is 17.4. The quantitative estimate of drug-likeness (QED) is 0.279. The molecule has 0 spiro atoms. The van der Waals surface area contributed by atoms with Gasteiger partial charge in [-0.15, -0.1) is 0 Å². The molecule has 4 saturated carbocycles. The summed E-state index contributed by atoms with van der Waals surface area (Å²) < 4.78 is 6.31. The Bertz CT molecular complexity index is 1180. The van der Waals surface area contributed by atoms with E-state index in [2.05, 4.69) is 61.5 Å². The van der Waals surface area contributed by atoms with E-state index in [1.165, 1.54) is 57.8 Å². The first kappa shape index (κ1) is 28.5. The summed E-state index contributed by atoms with van der Waals surface area (Å²) in [6.45, 7) is 20.5. The number of carbonyl (C=O) groups is 1. The third-order valence-electron chi connectivity index (χ3n) is 14.5. The Kier molecular flexibility index (Phi) is 6.57. The van der Waals surface area contributed by atoms with Gasteiger partial charge in [0.15, 0.2) is 0 Å². The van der Waals surface area contributed by atoms with Gasteiger partial charge in [-0.25, -0.2) is 0 Å². The molecule has 0 aliphatic heterocycles. The first-order chi connectivity index (χ1) is 18.6. The molecule has 5 aliphatic carbocycles. The van der Waals surface area contributed by atoms with Crippen LogP contribution in [-0.4, -0.2) is 12.1 Å². The Balaban J connectivity index is 1.27. The van der Waals surface area contributed by atoms with E-state index in [1.54, 1.807) is 0 Å². The number of esters is 1. The zero-order valence-corrected chi connectivity index (χ0v) is 26.9. The Morgan fingerprint density at radius 3 is 2.25 bits per heavy atom. The van der Waals surface area contributed by atoms with E-state index in [-0.39, 0.29) is 22.9 Å². The third kappa shape index (κ3) is 4.11. The lowest BCUT2D eigenvalue weighted by Crippen LogP contribution is -2.64. The maximum Gasteiger partial charge on any atom is 0.310 e. The van der Waals surface area contributed by atoms with Crippen LogP contribution in [0.5, 0.6) is 0 Å². The summed E-state index contributed by atoms with van der Waals surface area (Å²) in [5, 5.41) is 0. The van der Waals surface area contributed by atoms with E-state index in [4.69, 9.17) is 4.74 Å². The maximum absolute atomic E-state index is 13.0. The average molecular weight is 545 g/mol. The van der Waals surface area contributed by atoms with Gasteiger partial charge in [-0.1, -0.05) is 97.4 Å². The normalized spacial score (nSPS) is 45.1. The molecule has 2 nitrogen and oxygen atoms in total. The summed E-state index contributed by atoms with van der Waals surface area (Å²) in [7, 11) is 0. The summed E-state index contributed by atoms with van der Waals surface area (Å²) in [5.74, 6) is 1.98. The van der Waals surface area contributed by atoms with Crippen molar-refractivity contribution >= 4 is 5.97 Å². The summed E-state index contributed by atoms with van der Waals surface area (Å²) >= 11 is 0. The molecule has 0 heterocycles. The van der Waals surface area contributed by atoms with E-state index in [0.717, 1.165) is 17.9 Å². The van der Waals surface area contributed by atoms with E-state index >= 15 is 0 Å². The number of benzene rings is 1.